The smallest absolute Gasteiger partial charge is 0.254 e. The normalized spacial score (nSPS) is 13.7. The number of aromatic nitrogens is 1. The summed E-state index contributed by atoms with van der Waals surface area (Å²) in [5, 5.41) is 2.72. The van der Waals surface area contributed by atoms with Crippen molar-refractivity contribution in [3.05, 3.63) is 90.0 Å². The maximum absolute atomic E-state index is 14.4. The molecule has 3 aromatic rings. The summed E-state index contributed by atoms with van der Waals surface area (Å²) in [5.74, 6) is -0.577. The van der Waals surface area contributed by atoms with Crippen molar-refractivity contribution in [1.29, 1.82) is 0 Å². The molecule has 0 bridgehead atoms. The van der Waals surface area contributed by atoms with E-state index in [0.717, 1.165) is 0 Å². The molecule has 1 aliphatic rings. The van der Waals surface area contributed by atoms with Crippen molar-refractivity contribution in [2.75, 3.05) is 31.6 Å². The zero-order valence-corrected chi connectivity index (χ0v) is 17.7. The van der Waals surface area contributed by atoms with Crippen LogP contribution in [0.2, 0.25) is 0 Å². The van der Waals surface area contributed by atoms with E-state index in [2.05, 4.69) is 10.3 Å². The number of amides is 2. The predicted octanol–water partition coefficient (Wildman–Crippen LogP) is 4.14. The second kappa shape index (κ2) is 10.5. The molecule has 0 saturated carbocycles. The molecule has 8 heteroatoms. The number of morpholine rings is 1. The van der Waals surface area contributed by atoms with Gasteiger partial charge in [0.15, 0.2) is 11.6 Å². The standard InChI is InChI=1S/C25H22FN3O4/c26-22-15-18(6-8-23(22)33-21-5-2-10-27-17-21)7-9-24(30)28-20-4-1-3-19(16-20)25(31)29-11-13-32-14-12-29/h1-10,15-17H,11-14H2,(H,28,30)/b9-7+. The molecule has 2 heterocycles. The second-order valence-corrected chi connectivity index (χ2v) is 7.29. The van der Waals surface area contributed by atoms with Gasteiger partial charge in [0, 0.05) is 36.6 Å². The number of carbonyl (C=O) groups excluding carboxylic acids is 2. The molecule has 1 fully saturated rings. The van der Waals surface area contributed by atoms with Gasteiger partial charge in [-0.2, -0.15) is 0 Å². The van der Waals surface area contributed by atoms with E-state index in [0.29, 0.717) is 48.9 Å². The summed E-state index contributed by atoms with van der Waals surface area (Å²) in [4.78, 5) is 30.6. The van der Waals surface area contributed by atoms with E-state index < -0.39 is 11.7 Å². The molecular formula is C25H22FN3O4. The van der Waals surface area contributed by atoms with Gasteiger partial charge in [-0.05, 0) is 54.1 Å². The van der Waals surface area contributed by atoms with Crippen molar-refractivity contribution in [2.24, 2.45) is 0 Å². The summed E-state index contributed by atoms with van der Waals surface area (Å²) in [6, 6.07) is 14.5. The first-order valence-electron chi connectivity index (χ1n) is 10.4. The maximum atomic E-state index is 14.4. The lowest BCUT2D eigenvalue weighted by Crippen LogP contribution is -2.40. The molecule has 1 N–H and O–H groups in total. The lowest BCUT2D eigenvalue weighted by Gasteiger charge is -2.27. The highest BCUT2D eigenvalue weighted by Gasteiger charge is 2.18. The lowest BCUT2D eigenvalue weighted by molar-refractivity contribution is -0.111. The van der Waals surface area contributed by atoms with Crippen LogP contribution in [0.5, 0.6) is 11.5 Å². The van der Waals surface area contributed by atoms with Crippen LogP contribution in [0.4, 0.5) is 10.1 Å². The van der Waals surface area contributed by atoms with Crippen LogP contribution in [-0.4, -0.2) is 48.0 Å². The minimum atomic E-state index is -0.560. The molecule has 0 unspecified atom stereocenters. The molecule has 1 aliphatic heterocycles. The molecule has 0 atom stereocenters. The largest absolute Gasteiger partial charge is 0.453 e. The van der Waals surface area contributed by atoms with E-state index in [1.807, 2.05) is 0 Å². The van der Waals surface area contributed by atoms with Crippen LogP contribution < -0.4 is 10.1 Å². The lowest BCUT2D eigenvalue weighted by atomic mass is 10.1. The summed E-state index contributed by atoms with van der Waals surface area (Å²) >= 11 is 0. The first-order chi connectivity index (χ1) is 16.1. The van der Waals surface area contributed by atoms with Gasteiger partial charge in [-0.25, -0.2) is 4.39 Å². The Morgan fingerprint density at radius 3 is 2.70 bits per heavy atom. The number of pyridine rings is 1. The first-order valence-corrected chi connectivity index (χ1v) is 10.4. The van der Waals surface area contributed by atoms with Crippen molar-refractivity contribution >= 4 is 23.6 Å². The number of ether oxygens (including phenoxy) is 2. The SMILES string of the molecule is O=C(/C=C/c1ccc(Oc2cccnc2)c(F)c1)Nc1cccc(C(=O)N2CCOCC2)c1. The molecule has 2 amide bonds. The molecule has 4 rings (SSSR count). The van der Waals surface area contributed by atoms with Crippen LogP contribution in [0.1, 0.15) is 15.9 Å². The molecule has 33 heavy (non-hydrogen) atoms. The molecule has 168 valence electrons. The monoisotopic (exact) mass is 447 g/mol. The van der Waals surface area contributed by atoms with Gasteiger partial charge in [0.25, 0.3) is 5.91 Å². The van der Waals surface area contributed by atoms with Gasteiger partial charge >= 0.3 is 0 Å². The third-order valence-corrected chi connectivity index (χ3v) is 4.92. The highest BCUT2D eigenvalue weighted by Crippen LogP contribution is 2.25. The van der Waals surface area contributed by atoms with Gasteiger partial charge in [-0.1, -0.05) is 12.1 Å². The van der Waals surface area contributed by atoms with Crippen molar-refractivity contribution < 1.29 is 23.5 Å². The van der Waals surface area contributed by atoms with E-state index in [-0.39, 0.29) is 11.7 Å². The average molecular weight is 447 g/mol. The van der Waals surface area contributed by atoms with Crippen molar-refractivity contribution in [1.82, 2.24) is 9.88 Å². The molecule has 1 saturated heterocycles. The van der Waals surface area contributed by atoms with Crippen molar-refractivity contribution in [3.8, 4) is 11.5 Å². The van der Waals surface area contributed by atoms with E-state index >= 15 is 0 Å². The summed E-state index contributed by atoms with van der Waals surface area (Å²) in [6.07, 6.45) is 5.88. The Morgan fingerprint density at radius 2 is 1.94 bits per heavy atom. The summed E-state index contributed by atoms with van der Waals surface area (Å²) in [6.45, 7) is 2.12. The first kappa shape index (κ1) is 22.2. The molecule has 0 radical (unpaired) electrons. The van der Waals surface area contributed by atoms with Crippen LogP contribution in [-0.2, 0) is 9.53 Å². The molecular weight excluding hydrogens is 425 g/mol. The predicted molar refractivity (Wildman–Crippen MR) is 122 cm³/mol. The number of hydrogen-bond donors (Lipinski definition) is 1. The topological polar surface area (TPSA) is 80.8 Å². The van der Waals surface area contributed by atoms with Gasteiger partial charge < -0.3 is 19.7 Å². The fourth-order valence-corrected chi connectivity index (χ4v) is 3.27. The Labute approximate surface area is 190 Å². The minimum Gasteiger partial charge on any atom is -0.453 e. The quantitative estimate of drug-likeness (QED) is 0.575. The minimum absolute atomic E-state index is 0.0614. The molecule has 7 nitrogen and oxygen atoms in total. The van der Waals surface area contributed by atoms with Crippen molar-refractivity contribution in [2.45, 2.75) is 0 Å². The van der Waals surface area contributed by atoms with E-state index in [4.69, 9.17) is 9.47 Å². The maximum Gasteiger partial charge on any atom is 0.254 e. The molecule has 0 aliphatic carbocycles. The van der Waals surface area contributed by atoms with E-state index in [1.165, 1.54) is 30.5 Å². The Kier molecular flexibility index (Phi) is 7.06. The summed E-state index contributed by atoms with van der Waals surface area (Å²) in [7, 11) is 0. The molecule has 2 aromatic carbocycles. The van der Waals surface area contributed by atoms with Crippen molar-refractivity contribution in [3.63, 3.8) is 0 Å². The number of anilines is 1. The number of benzene rings is 2. The zero-order chi connectivity index (χ0) is 23.0. The Hall–Kier alpha value is -4.04. The average Bonchev–Trinajstić information content (AvgIpc) is 2.85. The Bertz CT molecular complexity index is 1160. The van der Waals surface area contributed by atoms with Crippen LogP contribution in [0.3, 0.4) is 0 Å². The van der Waals surface area contributed by atoms with Crippen LogP contribution >= 0.6 is 0 Å². The zero-order valence-electron chi connectivity index (χ0n) is 17.7. The highest BCUT2D eigenvalue weighted by atomic mass is 19.1. The third-order valence-electron chi connectivity index (χ3n) is 4.92. The summed E-state index contributed by atoms with van der Waals surface area (Å²) in [5.41, 5.74) is 1.48. The van der Waals surface area contributed by atoms with E-state index in [9.17, 15) is 14.0 Å². The Balaban J connectivity index is 1.37. The van der Waals surface area contributed by atoms with Crippen LogP contribution in [0.15, 0.2) is 73.1 Å². The van der Waals surface area contributed by atoms with E-state index in [1.54, 1.807) is 53.6 Å². The van der Waals surface area contributed by atoms with Gasteiger partial charge in [0.05, 0.1) is 19.4 Å². The second-order valence-electron chi connectivity index (χ2n) is 7.29. The molecule has 0 spiro atoms. The number of halogens is 1. The third kappa shape index (κ3) is 6.02. The summed E-state index contributed by atoms with van der Waals surface area (Å²) < 4.78 is 25.1. The van der Waals surface area contributed by atoms with Crippen LogP contribution in [0.25, 0.3) is 6.08 Å². The van der Waals surface area contributed by atoms with Gasteiger partial charge in [-0.3, -0.25) is 14.6 Å². The molecule has 1 aromatic heterocycles. The number of hydrogen-bond acceptors (Lipinski definition) is 5. The fourth-order valence-electron chi connectivity index (χ4n) is 3.27. The van der Waals surface area contributed by atoms with Gasteiger partial charge in [0.2, 0.25) is 5.91 Å². The van der Waals surface area contributed by atoms with Crippen LogP contribution in [0, 0.1) is 5.82 Å². The Morgan fingerprint density at radius 1 is 1.09 bits per heavy atom. The number of nitrogens with one attached hydrogen (secondary N) is 1. The number of carbonyl (C=O) groups is 2. The fraction of sp³-hybridized carbons (Fsp3) is 0.160. The number of nitrogens with zero attached hydrogens (tertiary/aromatic N) is 2. The van der Waals surface area contributed by atoms with Gasteiger partial charge in [0.1, 0.15) is 5.75 Å². The van der Waals surface area contributed by atoms with Gasteiger partial charge in [-0.15, -0.1) is 0 Å². The number of rotatable bonds is 6. The highest BCUT2D eigenvalue weighted by molar-refractivity contribution is 6.03.